The Labute approximate surface area is 126 Å². The highest BCUT2D eigenvalue weighted by Crippen LogP contribution is 2.14. The fourth-order valence-corrected chi connectivity index (χ4v) is 1.73. The Bertz CT molecular complexity index is 422. The average molecular weight is 294 g/mol. The fraction of sp³-hybridized carbons (Fsp3) is 0.562. The van der Waals surface area contributed by atoms with Crippen LogP contribution in [0.5, 0.6) is 5.75 Å². The van der Waals surface area contributed by atoms with Gasteiger partial charge >= 0.3 is 0 Å². The van der Waals surface area contributed by atoms with Crippen LogP contribution in [0.1, 0.15) is 33.1 Å². The summed E-state index contributed by atoms with van der Waals surface area (Å²) in [6, 6.07) is 7.18. The summed E-state index contributed by atoms with van der Waals surface area (Å²) in [5.74, 6) is 0.692. The number of unbranched alkanes of at least 4 members (excludes halogenated alkanes) is 1. The fourth-order valence-electron chi connectivity index (χ4n) is 1.73. The third-order valence-corrected chi connectivity index (χ3v) is 2.80. The summed E-state index contributed by atoms with van der Waals surface area (Å²) < 4.78 is 10.9. The Hall–Kier alpha value is -1.75. The number of benzene rings is 1. The normalized spacial score (nSPS) is 10.6. The average Bonchev–Trinajstić information content (AvgIpc) is 2.42. The Balaban J connectivity index is 2.01. The van der Waals surface area contributed by atoms with E-state index in [4.69, 9.17) is 15.2 Å². The van der Waals surface area contributed by atoms with E-state index in [0.29, 0.717) is 31.0 Å². The van der Waals surface area contributed by atoms with Crippen molar-refractivity contribution in [3.05, 3.63) is 24.3 Å². The minimum Gasteiger partial charge on any atom is -0.493 e. The van der Waals surface area contributed by atoms with Crippen LogP contribution in [-0.2, 0) is 9.53 Å². The molecule has 21 heavy (non-hydrogen) atoms. The third kappa shape index (κ3) is 8.92. The molecule has 5 heteroatoms. The number of carbonyl (C=O) groups is 1. The zero-order valence-corrected chi connectivity index (χ0v) is 12.9. The molecule has 0 aromatic heterocycles. The summed E-state index contributed by atoms with van der Waals surface area (Å²) in [5, 5.41) is 2.87. The Morgan fingerprint density at radius 2 is 2.10 bits per heavy atom. The van der Waals surface area contributed by atoms with Gasteiger partial charge in [0.2, 0.25) is 5.91 Å². The van der Waals surface area contributed by atoms with Gasteiger partial charge in [0.25, 0.3) is 0 Å². The predicted molar refractivity (Wildman–Crippen MR) is 84.3 cm³/mol. The van der Waals surface area contributed by atoms with Gasteiger partial charge in [-0.2, -0.15) is 0 Å². The van der Waals surface area contributed by atoms with Crippen LogP contribution in [0, 0.1) is 0 Å². The van der Waals surface area contributed by atoms with Crippen molar-refractivity contribution >= 4 is 11.6 Å². The molecule has 0 saturated heterocycles. The molecule has 0 spiro atoms. The molecule has 0 aliphatic carbocycles. The topological polar surface area (TPSA) is 73.6 Å². The number of hydrogen-bond acceptors (Lipinski definition) is 4. The molecule has 1 amide bonds. The van der Waals surface area contributed by atoms with Crippen LogP contribution in [0.15, 0.2) is 24.3 Å². The summed E-state index contributed by atoms with van der Waals surface area (Å²) >= 11 is 0. The summed E-state index contributed by atoms with van der Waals surface area (Å²) in [6.45, 7) is 5.81. The van der Waals surface area contributed by atoms with Gasteiger partial charge in [0, 0.05) is 24.9 Å². The molecule has 0 aliphatic heterocycles. The van der Waals surface area contributed by atoms with Crippen molar-refractivity contribution in [2.75, 3.05) is 25.5 Å². The maximum atomic E-state index is 11.6. The Kier molecular flexibility index (Phi) is 8.28. The standard InChI is InChI=1S/C16H26N2O3/c1-13(2)20-10-4-3-9-18-16(19)8-11-21-15-7-5-6-14(17)12-15/h5-7,12-13H,3-4,8-11,17H2,1-2H3,(H,18,19). The quantitative estimate of drug-likeness (QED) is 0.513. The molecule has 3 N–H and O–H groups in total. The molecule has 0 unspecified atom stereocenters. The van der Waals surface area contributed by atoms with E-state index >= 15 is 0 Å². The molecule has 0 atom stereocenters. The molecule has 1 aromatic rings. The van der Waals surface area contributed by atoms with Gasteiger partial charge in [-0.3, -0.25) is 4.79 Å². The second-order valence-corrected chi connectivity index (χ2v) is 5.15. The minimum absolute atomic E-state index is 0.00341. The van der Waals surface area contributed by atoms with E-state index in [2.05, 4.69) is 5.32 Å². The summed E-state index contributed by atoms with van der Waals surface area (Å²) in [6.07, 6.45) is 2.49. The monoisotopic (exact) mass is 294 g/mol. The van der Waals surface area contributed by atoms with Crippen LogP contribution < -0.4 is 15.8 Å². The van der Waals surface area contributed by atoms with Crippen molar-refractivity contribution < 1.29 is 14.3 Å². The van der Waals surface area contributed by atoms with Crippen molar-refractivity contribution in [2.45, 2.75) is 39.2 Å². The van der Waals surface area contributed by atoms with Crippen LogP contribution in [-0.4, -0.2) is 31.8 Å². The molecule has 1 aromatic carbocycles. The van der Waals surface area contributed by atoms with E-state index < -0.39 is 0 Å². The van der Waals surface area contributed by atoms with Crippen LogP contribution in [0.3, 0.4) is 0 Å². The first-order valence-electron chi connectivity index (χ1n) is 7.44. The summed E-state index contributed by atoms with van der Waals surface area (Å²) in [7, 11) is 0. The summed E-state index contributed by atoms with van der Waals surface area (Å²) in [5.41, 5.74) is 6.30. The second kappa shape index (κ2) is 10.0. The number of hydrogen-bond donors (Lipinski definition) is 2. The first-order chi connectivity index (χ1) is 10.1. The Morgan fingerprint density at radius 3 is 2.81 bits per heavy atom. The number of nitrogen functional groups attached to an aromatic ring is 1. The number of nitrogens with one attached hydrogen (secondary N) is 1. The predicted octanol–water partition coefficient (Wildman–Crippen LogP) is 2.36. The molecule has 0 bridgehead atoms. The van der Waals surface area contributed by atoms with Crippen LogP contribution in [0.2, 0.25) is 0 Å². The van der Waals surface area contributed by atoms with Crippen molar-refractivity contribution in [1.82, 2.24) is 5.32 Å². The lowest BCUT2D eigenvalue weighted by Gasteiger charge is -2.09. The van der Waals surface area contributed by atoms with E-state index in [9.17, 15) is 4.79 Å². The SMILES string of the molecule is CC(C)OCCCCNC(=O)CCOc1cccc(N)c1. The molecular weight excluding hydrogens is 268 g/mol. The molecule has 0 heterocycles. The smallest absolute Gasteiger partial charge is 0.223 e. The van der Waals surface area contributed by atoms with Gasteiger partial charge in [0.05, 0.1) is 19.1 Å². The minimum atomic E-state index is 0.00341. The highest BCUT2D eigenvalue weighted by Gasteiger charge is 2.02. The van der Waals surface area contributed by atoms with E-state index in [1.165, 1.54) is 0 Å². The zero-order chi connectivity index (χ0) is 15.5. The van der Waals surface area contributed by atoms with Gasteiger partial charge in [0.15, 0.2) is 0 Å². The molecule has 0 fully saturated rings. The zero-order valence-electron chi connectivity index (χ0n) is 12.9. The molecule has 1 rings (SSSR count). The summed E-state index contributed by atoms with van der Waals surface area (Å²) in [4.78, 5) is 11.6. The maximum absolute atomic E-state index is 11.6. The lowest BCUT2D eigenvalue weighted by molar-refractivity contribution is -0.121. The molecular formula is C16H26N2O3. The van der Waals surface area contributed by atoms with Crippen LogP contribution >= 0.6 is 0 Å². The largest absolute Gasteiger partial charge is 0.493 e. The lowest BCUT2D eigenvalue weighted by Crippen LogP contribution is -2.26. The molecule has 0 radical (unpaired) electrons. The molecule has 0 saturated carbocycles. The van der Waals surface area contributed by atoms with Gasteiger partial charge in [-0.25, -0.2) is 0 Å². The molecule has 118 valence electrons. The second-order valence-electron chi connectivity index (χ2n) is 5.15. The van der Waals surface area contributed by atoms with Crippen LogP contribution in [0.4, 0.5) is 5.69 Å². The number of amides is 1. The third-order valence-electron chi connectivity index (χ3n) is 2.80. The number of ether oxygens (including phenoxy) is 2. The lowest BCUT2D eigenvalue weighted by atomic mass is 10.3. The van der Waals surface area contributed by atoms with Gasteiger partial charge in [-0.05, 0) is 38.8 Å². The van der Waals surface area contributed by atoms with Crippen LogP contribution in [0.25, 0.3) is 0 Å². The van der Waals surface area contributed by atoms with Gasteiger partial charge < -0.3 is 20.5 Å². The van der Waals surface area contributed by atoms with Gasteiger partial charge in [-0.15, -0.1) is 0 Å². The number of carbonyl (C=O) groups excluding carboxylic acids is 1. The highest BCUT2D eigenvalue weighted by atomic mass is 16.5. The number of anilines is 1. The number of nitrogens with two attached hydrogens (primary N) is 1. The van der Waals surface area contributed by atoms with Crippen molar-refractivity contribution in [3.63, 3.8) is 0 Å². The van der Waals surface area contributed by atoms with Gasteiger partial charge in [-0.1, -0.05) is 6.07 Å². The van der Waals surface area contributed by atoms with E-state index in [1.807, 2.05) is 26.0 Å². The van der Waals surface area contributed by atoms with E-state index in [0.717, 1.165) is 19.4 Å². The highest BCUT2D eigenvalue weighted by molar-refractivity contribution is 5.75. The first-order valence-corrected chi connectivity index (χ1v) is 7.44. The Morgan fingerprint density at radius 1 is 1.29 bits per heavy atom. The van der Waals surface area contributed by atoms with Crippen molar-refractivity contribution in [1.29, 1.82) is 0 Å². The van der Waals surface area contributed by atoms with Crippen molar-refractivity contribution in [2.24, 2.45) is 0 Å². The van der Waals surface area contributed by atoms with E-state index in [-0.39, 0.29) is 12.0 Å². The molecule has 5 nitrogen and oxygen atoms in total. The molecule has 0 aliphatic rings. The van der Waals surface area contributed by atoms with Gasteiger partial charge in [0.1, 0.15) is 5.75 Å². The first kappa shape index (κ1) is 17.3. The van der Waals surface area contributed by atoms with E-state index in [1.54, 1.807) is 12.1 Å². The van der Waals surface area contributed by atoms with Crippen molar-refractivity contribution in [3.8, 4) is 5.75 Å². The number of rotatable bonds is 10. The maximum Gasteiger partial charge on any atom is 0.223 e.